The van der Waals surface area contributed by atoms with Crippen molar-refractivity contribution in [3.63, 3.8) is 0 Å². The maximum Gasteiger partial charge on any atom is 0.329 e. The first kappa shape index (κ1) is 15.1. The van der Waals surface area contributed by atoms with E-state index in [-0.39, 0.29) is 6.03 Å². The molecule has 0 bridgehead atoms. The van der Waals surface area contributed by atoms with E-state index in [4.69, 9.17) is 0 Å². The lowest BCUT2D eigenvalue weighted by atomic mass is 9.82. The van der Waals surface area contributed by atoms with Crippen LogP contribution in [0.25, 0.3) is 0 Å². The fraction of sp³-hybridized carbons (Fsp3) is 0.867. The number of aliphatic carboxylic acids is 1. The summed E-state index contributed by atoms with van der Waals surface area (Å²) in [6, 6.07) is -0.191. The molecular formula is C15H26N2O3. The summed E-state index contributed by atoms with van der Waals surface area (Å²) in [5, 5.41) is 12.3. The molecule has 1 saturated carbocycles. The summed E-state index contributed by atoms with van der Waals surface area (Å²) < 4.78 is 0. The maximum atomic E-state index is 12.3. The normalized spacial score (nSPS) is 23.4. The Morgan fingerprint density at radius 1 is 1.20 bits per heavy atom. The topological polar surface area (TPSA) is 69.6 Å². The number of carbonyl (C=O) groups excluding carboxylic acids is 1. The van der Waals surface area contributed by atoms with Gasteiger partial charge in [-0.3, -0.25) is 0 Å². The van der Waals surface area contributed by atoms with Gasteiger partial charge >= 0.3 is 12.0 Å². The maximum absolute atomic E-state index is 12.3. The van der Waals surface area contributed by atoms with Gasteiger partial charge in [0.2, 0.25) is 0 Å². The van der Waals surface area contributed by atoms with Crippen LogP contribution in [0.2, 0.25) is 0 Å². The molecule has 0 aromatic rings. The highest BCUT2D eigenvalue weighted by Crippen LogP contribution is 2.29. The highest BCUT2D eigenvalue weighted by Gasteiger charge is 2.42. The Balaban J connectivity index is 1.94. The van der Waals surface area contributed by atoms with Gasteiger partial charge < -0.3 is 15.3 Å². The first-order chi connectivity index (χ1) is 9.57. The van der Waals surface area contributed by atoms with Gasteiger partial charge in [-0.2, -0.15) is 0 Å². The van der Waals surface area contributed by atoms with Crippen LogP contribution in [0, 0.1) is 5.92 Å². The zero-order chi connectivity index (χ0) is 14.6. The van der Waals surface area contributed by atoms with Gasteiger partial charge in [0, 0.05) is 13.1 Å². The van der Waals surface area contributed by atoms with Gasteiger partial charge in [0.25, 0.3) is 0 Å². The highest BCUT2D eigenvalue weighted by molar-refractivity contribution is 5.86. The van der Waals surface area contributed by atoms with Crippen LogP contribution < -0.4 is 5.32 Å². The van der Waals surface area contributed by atoms with E-state index in [9.17, 15) is 14.7 Å². The Labute approximate surface area is 120 Å². The van der Waals surface area contributed by atoms with Crippen LogP contribution in [0.4, 0.5) is 4.79 Å². The molecule has 2 fully saturated rings. The molecule has 1 heterocycles. The SMILES string of the molecule is CCC1CCN(C(=O)NC2(C(=O)O)CCCCC2)CC1. The number of urea groups is 1. The molecule has 114 valence electrons. The third-order valence-corrected chi connectivity index (χ3v) is 4.94. The lowest BCUT2D eigenvalue weighted by Gasteiger charge is -2.38. The third-order valence-electron chi connectivity index (χ3n) is 4.94. The molecule has 20 heavy (non-hydrogen) atoms. The minimum absolute atomic E-state index is 0.191. The van der Waals surface area contributed by atoms with Crippen molar-refractivity contribution in [3.8, 4) is 0 Å². The molecule has 2 aliphatic rings. The Bertz CT molecular complexity index is 356. The molecule has 0 spiro atoms. The Kier molecular flexibility index (Phi) is 4.89. The van der Waals surface area contributed by atoms with Crippen molar-refractivity contribution in [2.75, 3.05) is 13.1 Å². The quantitative estimate of drug-likeness (QED) is 0.836. The van der Waals surface area contributed by atoms with Crippen molar-refractivity contribution >= 4 is 12.0 Å². The summed E-state index contributed by atoms with van der Waals surface area (Å²) in [5.74, 6) is -0.170. The number of carbonyl (C=O) groups is 2. The number of carboxylic acids is 1. The number of amides is 2. The number of piperidine rings is 1. The molecule has 1 saturated heterocycles. The van der Waals surface area contributed by atoms with Gasteiger partial charge in [-0.1, -0.05) is 32.6 Å². The fourth-order valence-corrected chi connectivity index (χ4v) is 3.38. The number of nitrogens with one attached hydrogen (secondary N) is 1. The average Bonchev–Trinajstić information content (AvgIpc) is 2.48. The van der Waals surface area contributed by atoms with Gasteiger partial charge in [-0.05, 0) is 31.6 Å². The number of hydrogen-bond donors (Lipinski definition) is 2. The standard InChI is InChI=1S/C15H26N2O3/c1-2-12-6-10-17(11-7-12)14(20)16-15(13(18)19)8-4-3-5-9-15/h12H,2-11H2,1H3,(H,16,20)(H,18,19). The van der Waals surface area contributed by atoms with E-state index in [2.05, 4.69) is 12.2 Å². The van der Waals surface area contributed by atoms with Gasteiger partial charge in [-0.15, -0.1) is 0 Å². The summed E-state index contributed by atoms with van der Waals surface area (Å²) in [4.78, 5) is 25.7. The van der Waals surface area contributed by atoms with Gasteiger partial charge in [0.05, 0.1) is 0 Å². The lowest BCUT2D eigenvalue weighted by Crippen LogP contribution is -2.59. The number of rotatable bonds is 3. The molecule has 0 atom stereocenters. The fourth-order valence-electron chi connectivity index (χ4n) is 3.38. The molecule has 5 nitrogen and oxygen atoms in total. The summed E-state index contributed by atoms with van der Waals surface area (Å²) in [6.45, 7) is 3.68. The van der Waals surface area contributed by atoms with Gasteiger partial charge in [-0.25, -0.2) is 9.59 Å². The van der Waals surface area contributed by atoms with Crippen LogP contribution in [-0.4, -0.2) is 40.6 Å². The Morgan fingerprint density at radius 2 is 1.80 bits per heavy atom. The van der Waals surface area contributed by atoms with E-state index in [1.807, 2.05) is 0 Å². The van der Waals surface area contributed by atoms with E-state index in [0.29, 0.717) is 18.8 Å². The van der Waals surface area contributed by atoms with Gasteiger partial charge in [0.15, 0.2) is 0 Å². The first-order valence-corrected chi connectivity index (χ1v) is 7.88. The number of nitrogens with zero attached hydrogens (tertiary/aromatic N) is 1. The second-order valence-electron chi connectivity index (χ2n) is 6.22. The number of hydrogen-bond acceptors (Lipinski definition) is 2. The molecule has 2 N–H and O–H groups in total. The zero-order valence-electron chi connectivity index (χ0n) is 12.4. The Morgan fingerprint density at radius 3 is 2.30 bits per heavy atom. The Hall–Kier alpha value is -1.26. The smallest absolute Gasteiger partial charge is 0.329 e. The average molecular weight is 282 g/mol. The van der Waals surface area contributed by atoms with E-state index in [0.717, 1.165) is 51.6 Å². The van der Waals surface area contributed by atoms with E-state index < -0.39 is 11.5 Å². The van der Waals surface area contributed by atoms with Crippen molar-refractivity contribution in [2.24, 2.45) is 5.92 Å². The van der Waals surface area contributed by atoms with E-state index >= 15 is 0 Å². The molecule has 0 radical (unpaired) electrons. The van der Waals surface area contributed by atoms with E-state index in [1.165, 1.54) is 0 Å². The molecule has 0 aromatic carbocycles. The minimum Gasteiger partial charge on any atom is -0.480 e. The number of carboxylic acid groups (broad SMARTS) is 1. The second kappa shape index (κ2) is 6.46. The van der Waals surface area contributed by atoms with Crippen LogP contribution in [0.5, 0.6) is 0 Å². The lowest BCUT2D eigenvalue weighted by molar-refractivity contribution is -0.146. The highest BCUT2D eigenvalue weighted by atomic mass is 16.4. The largest absolute Gasteiger partial charge is 0.480 e. The van der Waals surface area contributed by atoms with Crippen molar-refractivity contribution in [1.29, 1.82) is 0 Å². The van der Waals surface area contributed by atoms with Crippen LogP contribution in [0.15, 0.2) is 0 Å². The van der Waals surface area contributed by atoms with Crippen LogP contribution >= 0.6 is 0 Å². The molecule has 1 aliphatic heterocycles. The molecule has 2 amide bonds. The minimum atomic E-state index is -1.03. The second-order valence-corrected chi connectivity index (χ2v) is 6.22. The third kappa shape index (κ3) is 3.25. The van der Waals surface area contributed by atoms with Crippen LogP contribution in [0.3, 0.4) is 0 Å². The summed E-state index contributed by atoms with van der Waals surface area (Å²) in [6.07, 6.45) is 7.16. The monoisotopic (exact) mass is 282 g/mol. The molecule has 2 rings (SSSR count). The van der Waals surface area contributed by atoms with Gasteiger partial charge in [0.1, 0.15) is 5.54 Å². The van der Waals surface area contributed by atoms with Crippen LogP contribution in [-0.2, 0) is 4.79 Å². The van der Waals surface area contributed by atoms with Crippen molar-refractivity contribution < 1.29 is 14.7 Å². The molecular weight excluding hydrogens is 256 g/mol. The van der Waals surface area contributed by atoms with Crippen molar-refractivity contribution in [2.45, 2.75) is 63.8 Å². The molecule has 5 heteroatoms. The number of likely N-dealkylation sites (tertiary alicyclic amines) is 1. The zero-order valence-corrected chi connectivity index (χ0v) is 12.4. The molecule has 1 aliphatic carbocycles. The summed E-state index contributed by atoms with van der Waals surface area (Å²) in [7, 11) is 0. The summed E-state index contributed by atoms with van der Waals surface area (Å²) in [5.41, 5.74) is -1.03. The summed E-state index contributed by atoms with van der Waals surface area (Å²) >= 11 is 0. The van der Waals surface area contributed by atoms with Crippen molar-refractivity contribution in [3.05, 3.63) is 0 Å². The predicted octanol–water partition coefficient (Wildman–Crippen LogP) is 2.61. The van der Waals surface area contributed by atoms with Crippen LogP contribution in [0.1, 0.15) is 58.3 Å². The predicted molar refractivity (Wildman–Crippen MR) is 76.6 cm³/mol. The van der Waals surface area contributed by atoms with Crippen molar-refractivity contribution in [1.82, 2.24) is 10.2 Å². The first-order valence-electron chi connectivity index (χ1n) is 7.88. The molecule has 0 unspecified atom stereocenters. The molecule has 0 aromatic heterocycles. The van der Waals surface area contributed by atoms with E-state index in [1.54, 1.807) is 4.90 Å².